The Labute approximate surface area is 98.9 Å². The maximum Gasteiger partial charge on any atom is 0.141 e. The Kier molecular flexibility index (Phi) is 6.38. The molecule has 0 radical (unpaired) electrons. The largest absolute Gasteiger partial charge is 0.224 e. The van der Waals surface area contributed by atoms with Crippen LogP contribution in [0, 0.1) is 0 Å². The van der Waals surface area contributed by atoms with Gasteiger partial charge in [-0.05, 0) is 19.9 Å². The van der Waals surface area contributed by atoms with Crippen LogP contribution < -0.4 is 0 Å². The van der Waals surface area contributed by atoms with Gasteiger partial charge in [0.1, 0.15) is 12.2 Å². The summed E-state index contributed by atoms with van der Waals surface area (Å²) in [4.78, 5) is 4.22. The zero-order valence-corrected chi connectivity index (χ0v) is 11.2. The first-order valence-electron chi connectivity index (χ1n) is 5.96. The Hall–Kier alpha value is -1.38. The maximum atomic E-state index is 4.22. The summed E-state index contributed by atoms with van der Waals surface area (Å²) < 4.78 is 1.81. The summed E-state index contributed by atoms with van der Waals surface area (Å²) in [6.07, 6.45) is 9.61. The molecule has 0 aliphatic carbocycles. The minimum atomic E-state index is -0.0278. The van der Waals surface area contributed by atoms with Crippen molar-refractivity contribution >= 4 is 6.20 Å². The van der Waals surface area contributed by atoms with Crippen LogP contribution in [0.3, 0.4) is 0 Å². The number of aromatic nitrogens is 3. The van der Waals surface area contributed by atoms with Crippen molar-refractivity contribution < 1.29 is 0 Å². The number of fused-ring (bicyclic) bond motifs is 1. The molecule has 1 aromatic rings. The normalized spacial score (nSPS) is 14.9. The van der Waals surface area contributed by atoms with Crippen molar-refractivity contribution in [1.82, 2.24) is 14.8 Å². The van der Waals surface area contributed by atoms with Crippen LogP contribution in [0.15, 0.2) is 24.6 Å². The average molecular weight is 221 g/mol. The van der Waals surface area contributed by atoms with E-state index in [1.807, 2.05) is 46.0 Å². The van der Waals surface area contributed by atoms with E-state index in [1.165, 1.54) is 0 Å². The van der Waals surface area contributed by atoms with E-state index in [4.69, 9.17) is 0 Å². The van der Waals surface area contributed by atoms with Crippen molar-refractivity contribution in [3.63, 3.8) is 0 Å². The lowest BCUT2D eigenvalue weighted by Gasteiger charge is -2.16. The first-order chi connectivity index (χ1) is 7.70. The molecular formula is C13H23N3. The molecule has 2 rings (SSSR count). The summed E-state index contributed by atoms with van der Waals surface area (Å²) in [7, 11) is 0. The van der Waals surface area contributed by atoms with Gasteiger partial charge in [0.2, 0.25) is 0 Å². The number of hydrogen-bond donors (Lipinski definition) is 0. The first-order valence-corrected chi connectivity index (χ1v) is 5.96. The molecule has 2 heterocycles. The smallest absolute Gasteiger partial charge is 0.141 e. The van der Waals surface area contributed by atoms with Crippen LogP contribution in [0.4, 0.5) is 0 Å². The van der Waals surface area contributed by atoms with Gasteiger partial charge in [-0.2, -0.15) is 5.10 Å². The highest BCUT2D eigenvalue weighted by Crippen LogP contribution is 2.23. The van der Waals surface area contributed by atoms with E-state index in [0.717, 1.165) is 5.82 Å². The first kappa shape index (κ1) is 14.6. The van der Waals surface area contributed by atoms with Gasteiger partial charge in [-0.15, -0.1) is 0 Å². The molecule has 0 unspecified atom stereocenters. The van der Waals surface area contributed by atoms with Crippen LogP contribution in [0.5, 0.6) is 0 Å². The van der Waals surface area contributed by atoms with E-state index >= 15 is 0 Å². The molecule has 1 aliphatic heterocycles. The molecule has 1 aliphatic rings. The minimum absolute atomic E-state index is 0.0278. The molecule has 0 saturated heterocycles. The molecule has 3 nitrogen and oxygen atoms in total. The Morgan fingerprint density at radius 1 is 1.06 bits per heavy atom. The predicted molar refractivity (Wildman–Crippen MR) is 70.2 cm³/mol. The lowest BCUT2D eigenvalue weighted by Crippen LogP contribution is -2.18. The highest BCUT2D eigenvalue weighted by Gasteiger charge is 2.23. The molecule has 0 aromatic carbocycles. The number of hydrogen-bond acceptors (Lipinski definition) is 2. The van der Waals surface area contributed by atoms with Gasteiger partial charge in [0, 0.05) is 11.6 Å². The highest BCUT2D eigenvalue weighted by molar-refractivity contribution is 5.35. The highest BCUT2D eigenvalue weighted by atomic mass is 15.3. The third-order valence-electron chi connectivity index (χ3n) is 2.00. The molecule has 90 valence electrons. The van der Waals surface area contributed by atoms with Gasteiger partial charge in [0.05, 0.1) is 0 Å². The van der Waals surface area contributed by atoms with Crippen molar-refractivity contribution in [2.75, 3.05) is 0 Å². The van der Waals surface area contributed by atoms with Crippen LogP contribution in [-0.4, -0.2) is 14.8 Å². The second-order valence-corrected chi connectivity index (χ2v) is 3.45. The van der Waals surface area contributed by atoms with Gasteiger partial charge in [-0.3, -0.25) is 0 Å². The van der Waals surface area contributed by atoms with Gasteiger partial charge in [0.25, 0.3) is 0 Å². The monoisotopic (exact) mass is 221 g/mol. The topological polar surface area (TPSA) is 30.7 Å². The molecular weight excluding hydrogens is 198 g/mol. The molecule has 0 atom stereocenters. The molecule has 0 saturated carbocycles. The van der Waals surface area contributed by atoms with Gasteiger partial charge in [0.15, 0.2) is 0 Å². The minimum Gasteiger partial charge on any atom is -0.224 e. The third kappa shape index (κ3) is 3.33. The van der Waals surface area contributed by atoms with Crippen molar-refractivity contribution in [2.45, 2.75) is 47.0 Å². The van der Waals surface area contributed by atoms with Crippen LogP contribution in [-0.2, 0) is 5.41 Å². The fourth-order valence-electron chi connectivity index (χ4n) is 1.32. The van der Waals surface area contributed by atoms with E-state index in [2.05, 4.69) is 30.0 Å². The zero-order valence-electron chi connectivity index (χ0n) is 11.2. The second-order valence-electron chi connectivity index (χ2n) is 3.45. The molecule has 0 spiro atoms. The zero-order chi connectivity index (χ0) is 12.6. The standard InChI is InChI=1S/C9H11N3.2C2H6/c1-9(2)5-3-4-6-12-8(9)10-7-11-12;2*1-2/h3-7H,1-2H3;2*1-2H3. The maximum absolute atomic E-state index is 4.22. The average Bonchev–Trinajstić information content (AvgIpc) is 2.74. The lowest BCUT2D eigenvalue weighted by atomic mass is 9.92. The molecule has 16 heavy (non-hydrogen) atoms. The fraction of sp³-hybridized carbons (Fsp3) is 0.538. The van der Waals surface area contributed by atoms with Crippen molar-refractivity contribution in [2.24, 2.45) is 0 Å². The summed E-state index contributed by atoms with van der Waals surface area (Å²) >= 11 is 0. The van der Waals surface area contributed by atoms with Gasteiger partial charge in [-0.25, -0.2) is 9.67 Å². The van der Waals surface area contributed by atoms with Crippen LogP contribution in [0.25, 0.3) is 6.20 Å². The molecule has 0 fully saturated rings. The summed E-state index contributed by atoms with van der Waals surface area (Å²) in [5.41, 5.74) is -0.0278. The quantitative estimate of drug-likeness (QED) is 0.669. The predicted octanol–water partition coefficient (Wildman–Crippen LogP) is 3.65. The Morgan fingerprint density at radius 2 is 1.69 bits per heavy atom. The van der Waals surface area contributed by atoms with E-state index in [0.29, 0.717) is 0 Å². The number of nitrogens with zero attached hydrogens (tertiary/aromatic N) is 3. The fourth-order valence-corrected chi connectivity index (χ4v) is 1.32. The van der Waals surface area contributed by atoms with E-state index in [-0.39, 0.29) is 5.41 Å². The Balaban J connectivity index is 0.000000509. The molecule has 1 aromatic heterocycles. The Morgan fingerprint density at radius 3 is 2.31 bits per heavy atom. The molecule has 3 heteroatoms. The van der Waals surface area contributed by atoms with Crippen molar-refractivity contribution in [3.05, 3.63) is 30.4 Å². The lowest BCUT2D eigenvalue weighted by molar-refractivity contribution is 0.599. The van der Waals surface area contributed by atoms with Crippen LogP contribution in [0.1, 0.15) is 47.4 Å². The second kappa shape index (κ2) is 6.99. The summed E-state index contributed by atoms with van der Waals surface area (Å²) in [6, 6.07) is 0. The summed E-state index contributed by atoms with van der Waals surface area (Å²) in [6.45, 7) is 12.2. The van der Waals surface area contributed by atoms with E-state index in [1.54, 1.807) is 11.0 Å². The number of allylic oxidation sites excluding steroid dienone is 3. The Bertz CT molecular complexity index is 346. The van der Waals surface area contributed by atoms with Crippen LogP contribution >= 0.6 is 0 Å². The molecule has 0 N–H and O–H groups in total. The number of rotatable bonds is 0. The summed E-state index contributed by atoms with van der Waals surface area (Å²) in [5, 5.41) is 4.09. The van der Waals surface area contributed by atoms with Gasteiger partial charge in [-0.1, -0.05) is 39.8 Å². The van der Waals surface area contributed by atoms with E-state index < -0.39 is 0 Å². The van der Waals surface area contributed by atoms with E-state index in [9.17, 15) is 0 Å². The van der Waals surface area contributed by atoms with Gasteiger partial charge < -0.3 is 0 Å². The van der Waals surface area contributed by atoms with Crippen molar-refractivity contribution in [1.29, 1.82) is 0 Å². The van der Waals surface area contributed by atoms with Crippen molar-refractivity contribution in [3.8, 4) is 0 Å². The molecule has 0 amide bonds. The van der Waals surface area contributed by atoms with Gasteiger partial charge >= 0.3 is 0 Å². The van der Waals surface area contributed by atoms with Crippen LogP contribution in [0.2, 0.25) is 0 Å². The SMILES string of the molecule is CC.CC.CC1(C)C=CC=Cn2ncnc21. The third-order valence-corrected chi connectivity index (χ3v) is 2.00. The summed E-state index contributed by atoms with van der Waals surface area (Å²) in [5.74, 6) is 0.979. The molecule has 0 bridgehead atoms.